The minimum absolute atomic E-state index is 0.256. The molecule has 0 aliphatic rings. The Morgan fingerprint density at radius 3 is 2.42 bits per heavy atom. The van der Waals surface area contributed by atoms with E-state index < -0.39 is 0 Å². The first-order chi connectivity index (χ1) is 11.7. The molecule has 0 saturated carbocycles. The number of carbonyl (C=O) groups excluding carboxylic acids is 1. The van der Waals surface area contributed by atoms with E-state index in [2.05, 4.69) is 10.5 Å². The molecule has 5 heteroatoms. The van der Waals surface area contributed by atoms with Crippen molar-refractivity contribution in [2.24, 2.45) is 5.10 Å². The Balaban J connectivity index is 2.21. The highest BCUT2D eigenvalue weighted by Crippen LogP contribution is 2.25. The topological polar surface area (TPSA) is 59.9 Å². The molecular weight excluding hydrogens is 304 g/mol. The van der Waals surface area contributed by atoms with Gasteiger partial charge in [0.2, 0.25) is 0 Å². The molecule has 2 aromatic rings. The number of ether oxygens (including phenoxy) is 2. The molecule has 0 radical (unpaired) electrons. The maximum Gasteiger partial charge on any atom is 0.271 e. The summed E-state index contributed by atoms with van der Waals surface area (Å²) >= 11 is 0. The smallest absolute Gasteiger partial charge is 0.271 e. The van der Waals surface area contributed by atoms with Crippen LogP contribution in [0.5, 0.6) is 11.5 Å². The zero-order valence-electron chi connectivity index (χ0n) is 14.2. The first-order valence-corrected chi connectivity index (χ1v) is 7.95. The molecule has 0 saturated heterocycles. The van der Waals surface area contributed by atoms with Crippen LogP contribution in [0.25, 0.3) is 0 Å². The summed E-state index contributed by atoms with van der Waals surface area (Å²) in [5, 5.41) is 4.20. The van der Waals surface area contributed by atoms with Gasteiger partial charge in [0.05, 0.1) is 18.9 Å². The third-order valence-corrected chi connectivity index (χ3v) is 3.31. The second-order valence-electron chi connectivity index (χ2n) is 5.03. The first-order valence-electron chi connectivity index (χ1n) is 7.95. The molecule has 5 nitrogen and oxygen atoms in total. The Hall–Kier alpha value is -2.82. The molecule has 0 atom stereocenters. The molecule has 0 bridgehead atoms. The van der Waals surface area contributed by atoms with Gasteiger partial charge in [0.1, 0.15) is 11.5 Å². The lowest BCUT2D eigenvalue weighted by molar-refractivity contribution is 0.0955. The van der Waals surface area contributed by atoms with Crippen LogP contribution in [0, 0.1) is 0 Å². The Labute approximate surface area is 142 Å². The lowest BCUT2D eigenvalue weighted by Crippen LogP contribution is -2.19. The van der Waals surface area contributed by atoms with Crippen molar-refractivity contribution in [1.82, 2.24) is 5.43 Å². The predicted molar refractivity (Wildman–Crippen MR) is 94.9 cm³/mol. The molecule has 0 aliphatic heterocycles. The molecule has 0 heterocycles. The Morgan fingerprint density at radius 1 is 1.04 bits per heavy atom. The fraction of sp³-hybridized carbons (Fsp3) is 0.263. The molecule has 0 spiro atoms. The number of hydrogen-bond acceptors (Lipinski definition) is 4. The van der Waals surface area contributed by atoms with E-state index in [1.165, 1.54) is 0 Å². The highest BCUT2D eigenvalue weighted by Gasteiger charge is 2.10. The number of rotatable bonds is 7. The summed E-state index contributed by atoms with van der Waals surface area (Å²) in [6.45, 7) is 6.79. The largest absolute Gasteiger partial charge is 0.494 e. The van der Waals surface area contributed by atoms with Gasteiger partial charge < -0.3 is 9.47 Å². The van der Waals surface area contributed by atoms with Crippen molar-refractivity contribution < 1.29 is 14.3 Å². The third-order valence-electron chi connectivity index (χ3n) is 3.31. The predicted octanol–water partition coefficient (Wildman–Crippen LogP) is 3.64. The maximum atomic E-state index is 12.1. The minimum atomic E-state index is -0.256. The number of hydrazone groups is 1. The Bertz CT molecular complexity index is 712. The van der Waals surface area contributed by atoms with Crippen molar-refractivity contribution in [3.8, 4) is 11.5 Å². The molecule has 126 valence electrons. The molecular formula is C19H22N2O3. The standard InChI is InChI=1S/C19H22N2O3/c1-4-23-16-11-12-18(24-5-2)17(13-16)14(3)20-21-19(22)15-9-7-6-8-10-15/h6-13H,4-5H2,1-3H3,(H,21,22)/b20-14-. The number of nitrogens with zero attached hydrogens (tertiary/aromatic N) is 1. The fourth-order valence-electron chi connectivity index (χ4n) is 2.18. The van der Waals surface area contributed by atoms with Crippen LogP contribution in [0.2, 0.25) is 0 Å². The van der Waals surface area contributed by atoms with E-state index >= 15 is 0 Å². The van der Waals surface area contributed by atoms with Crippen LogP contribution >= 0.6 is 0 Å². The fourth-order valence-corrected chi connectivity index (χ4v) is 2.18. The van der Waals surface area contributed by atoms with Crippen LogP contribution in [0.15, 0.2) is 53.6 Å². The summed E-state index contributed by atoms with van der Waals surface area (Å²) in [6.07, 6.45) is 0. The molecule has 1 amide bonds. The molecule has 1 N–H and O–H groups in total. The van der Waals surface area contributed by atoms with Gasteiger partial charge >= 0.3 is 0 Å². The zero-order valence-corrected chi connectivity index (χ0v) is 14.2. The van der Waals surface area contributed by atoms with Crippen molar-refractivity contribution in [2.75, 3.05) is 13.2 Å². The molecule has 0 fully saturated rings. The van der Waals surface area contributed by atoms with Crippen molar-refractivity contribution in [1.29, 1.82) is 0 Å². The first kappa shape index (κ1) is 17.5. The molecule has 2 rings (SSSR count). The van der Waals surface area contributed by atoms with Crippen LogP contribution in [0.3, 0.4) is 0 Å². The molecule has 2 aromatic carbocycles. The Kier molecular flexibility index (Phi) is 6.37. The zero-order chi connectivity index (χ0) is 17.4. The number of hydrogen-bond donors (Lipinski definition) is 1. The SMILES string of the molecule is CCOc1ccc(OCC)c(/C(C)=N\NC(=O)c2ccccc2)c1. The van der Waals surface area contributed by atoms with Crippen molar-refractivity contribution >= 4 is 11.6 Å². The summed E-state index contributed by atoms with van der Waals surface area (Å²) in [6, 6.07) is 14.5. The van der Waals surface area contributed by atoms with E-state index in [-0.39, 0.29) is 5.91 Å². The highest BCUT2D eigenvalue weighted by molar-refractivity contribution is 6.03. The maximum absolute atomic E-state index is 12.1. The molecule has 0 unspecified atom stereocenters. The van der Waals surface area contributed by atoms with Gasteiger partial charge in [-0.1, -0.05) is 18.2 Å². The molecule has 0 aromatic heterocycles. The monoisotopic (exact) mass is 326 g/mol. The van der Waals surface area contributed by atoms with E-state index in [1.807, 2.05) is 57.2 Å². The van der Waals surface area contributed by atoms with Crippen LogP contribution < -0.4 is 14.9 Å². The summed E-state index contributed by atoms with van der Waals surface area (Å²) in [4.78, 5) is 12.1. The van der Waals surface area contributed by atoms with Gasteiger partial charge in [-0.2, -0.15) is 5.10 Å². The van der Waals surface area contributed by atoms with E-state index in [9.17, 15) is 4.79 Å². The van der Waals surface area contributed by atoms with E-state index in [4.69, 9.17) is 9.47 Å². The summed E-state index contributed by atoms with van der Waals surface area (Å²) in [5.41, 5.74) is 4.56. The molecule has 0 aliphatic carbocycles. The minimum Gasteiger partial charge on any atom is -0.494 e. The average molecular weight is 326 g/mol. The average Bonchev–Trinajstić information content (AvgIpc) is 2.62. The second-order valence-corrected chi connectivity index (χ2v) is 5.03. The highest BCUT2D eigenvalue weighted by atomic mass is 16.5. The van der Waals surface area contributed by atoms with E-state index in [0.29, 0.717) is 30.2 Å². The van der Waals surface area contributed by atoms with Gasteiger partial charge in [0.15, 0.2) is 0 Å². The number of amides is 1. The Morgan fingerprint density at radius 2 is 1.75 bits per heavy atom. The quantitative estimate of drug-likeness (QED) is 0.624. The summed E-state index contributed by atoms with van der Waals surface area (Å²) < 4.78 is 11.2. The third kappa shape index (κ3) is 4.59. The van der Waals surface area contributed by atoms with E-state index in [0.717, 1.165) is 11.3 Å². The van der Waals surface area contributed by atoms with E-state index in [1.54, 1.807) is 12.1 Å². The van der Waals surface area contributed by atoms with Gasteiger partial charge in [0, 0.05) is 11.1 Å². The number of benzene rings is 2. The second kappa shape index (κ2) is 8.72. The number of nitrogens with one attached hydrogen (secondary N) is 1. The van der Waals surface area contributed by atoms with Crippen molar-refractivity contribution in [3.05, 3.63) is 59.7 Å². The van der Waals surface area contributed by atoms with Crippen molar-refractivity contribution in [2.45, 2.75) is 20.8 Å². The van der Waals surface area contributed by atoms with Gasteiger partial charge in [-0.15, -0.1) is 0 Å². The summed E-state index contributed by atoms with van der Waals surface area (Å²) in [5.74, 6) is 1.19. The van der Waals surface area contributed by atoms with Gasteiger partial charge in [-0.05, 0) is 51.1 Å². The van der Waals surface area contributed by atoms with Gasteiger partial charge in [-0.25, -0.2) is 5.43 Å². The van der Waals surface area contributed by atoms with Crippen LogP contribution in [-0.2, 0) is 0 Å². The van der Waals surface area contributed by atoms with Crippen LogP contribution in [0.1, 0.15) is 36.7 Å². The lowest BCUT2D eigenvalue weighted by atomic mass is 10.1. The number of carbonyl (C=O) groups is 1. The summed E-state index contributed by atoms with van der Waals surface area (Å²) in [7, 11) is 0. The van der Waals surface area contributed by atoms with Crippen LogP contribution in [0.4, 0.5) is 0 Å². The van der Waals surface area contributed by atoms with Crippen molar-refractivity contribution in [3.63, 3.8) is 0 Å². The van der Waals surface area contributed by atoms with Gasteiger partial charge in [0.25, 0.3) is 5.91 Å². The molecule has 24 heavy (non-hydrogen) atoms. The van der Waals surface area contributed by atoms with Crippen LogP contribution in [-0.4, -0.2) is 24.8 Å². The lowest BCUT2D eigenvalue weighted by Gasteiger charge is -2.12. The normalized spacial score (nSPS) is 11.0. The van der Waals surface area contributed by atoms with Gasteiger partial charge in [-0.3, -0.25) is 4.79 Å².